The summed E-state index contributed by atoms with van der Waals surface area (Å²) in [6, 6.07) is 21.8. The van der Waals surface area contributed by atoms with E-state index in [1.807, 2.05) is 27.8 Å². The summed E-state index contributed by atoms with van der Waals surface area (Å²) >= 11 is 7.34. The molecule has 63 heavy (non-hydrogen) atoms. The number of nitrogens with zero attached hydrogens (tertiary/aromatic N) is 3. The van der Waals surface area contributed by atoms with E-state index in [1.165, 1.54) is 33.3 Å². The Labute approximate surface area is 391 Å². The summed E-state index contributed by atoms with van der Waals surface area (Å²) in [6.45, 7) is 18.6. The molecule has 8 nitrogen and oxygen atoms in total. The molecular weight excluding hydrogens is 938 g/mol. The van der Waals surface area contributed by atoms with Gasteiger partial charge in [0.25, 0.3) is 10.1 Å². The maximum absolute atomic E-state index is 13.9. The Morgan fingerprint density at radius 3 is 2.14 bits per heavy atom. The average molecular weight is 1000 g/mol. The summed E-state index contributed by atoms with van der Waals surface area (Å²) < 4.78 is 43.4. The molecule has 0 spiro atoms. The van der Waals surface area contributed by atoms with Crippen molar-refractivity contribution in [3.8, 4) is 0 Å². The SMILES string of the molecule is CCCCC[N+]1=C(/C=C/C2=C(N(C)C(=O)OC(C)(C)C)C(=C/C=C3/N(CCCCS(=O)(=O)O)c4ccc5cc(Br)ccc5c4C3(C)C)/CC2)C(C)(C)c2c1ccc1cc(Br)ccc21. The molecule has 2 aliphatic heterocycles. The fourth-order valence-corrected chi connectivity index (χ4v) is 11.3. The first kappa shape index (κ1) is 46.9. The molecule has 0 radical (unpaired) electrons. The van der Waals surface area contributed by atoms with Crippen molar-refractivity contribution in [2.45, 2.75) is 117 Å². The van der Waals surface area contributed by atoms with E-state index in [1.54, 1.807) is 4.90 Å². The number of allylic oxidation sites excluding steroid dienone is 7. The molecule has 1 amide bonds. The van der Waals surface area contributed by atoms with Gasteiger partial charge in [0.2, 0.25) is 5.69 Å². The largest absolute Gasteiger partial charge is 0.443 e. The number of carbonyl (C=O) groups excluding carboxylic acids is 1. The maximum Gasteiger partial charge on any atom is 0.414 e. The van der Waals surface area contributed by atoms with Crippen molar-refractivity contribution in [2.24, 2.45) is 0 Å². The highest BCUT2D eigenvalue weighted by molar-refractivity contribution is 9.10. The summed E-state index contributed by atoms with van der Waals surface area (Å²) in [5.74, 6) is -0.277. The molecule has 1 N–H and O–H groups in total. The monoisotopic (exact) mass is 998 g/mol. The minimum atomic E-state index is -4.06. The topological polar surface area (TPSA) is 90.2 Å². The number of fused-ring (bicyclic) bond motifs is 6. The van der Waals surface area contributed by atoms with Crippen LogP contribution in [0.25, 0.3) is 21.5 Å². The number of unbranched alkanes of at least 4 members (excludes halogenated alkanes) is 3. The number of rotatable bonds is 13. The van der Waals surface area contributed by atoms with Gasteiger partial charge in [0, 0.05) is 63.5 Å². The van der Waals surface area contributed by atoms with Gasteiger partial charge in [-0.1, -0.05) is 89.4 Å². The molecule has 2 heterocycles. The zero-order valence-electron chi connectivity index (χ0n) is 38.2. The van der Waals surface area contributed by atoms with Crippen LogP contribution >= 0.6 is 31.9 Å². The van der Waals surface area contributed by atoms with Crippen molar-refractivity contribution in [1.82, 2.24) is 4.90 Å². The second-order valence-electron chi connectivity index (χ2n) is 19.3. The van der Waals surface area contributed by atoms with Gasteiger partial charge in [-0.15, -0.1) is 0 Å². The number of amides is 1. The van der Waals surface area contributed by atoms with Gasteiger partial charge in [-0.2, -0.15) is 13.0 Å². The molecule has 4 aromatic rings. The standard InChI is InChI=1S/C52H61Br2N3O5S/c1-10-11-12-29-56-42-25-17-36-32-38(53)21-23-40(36)46(42)51(5,6)44(56)27-19-34-15-16-35(48(34)55(9)49(58)62-50(2,3)4)20-28-45-52(7,8)47-41-24-22-39(54)33-37(41)18-26-43(47)57(45)30-13-14-31-63(59,60)61/h17-28,32-33H,10-16,29-31H2,1-9H3/p+1. The summed E-state index contributed by atoms with van der Waals surface area (Å²) in [7, 11) is -2.25. The van der Waals surface area contributed by atoms with Gasteiger partial charge in [-0.05, 0) is 147 Å². The lowest BCUT2D eigenvalue weighted by molar-refractivity contribution is -0.438. The molecule has 0 unspecified atom stereocenters. The first-order valence-electron chi connectivity index (χ1n) is 22.2. The minimum Gasteiger partial charge on any atom is -0.443 e. The van der Waals surface area contributed by atoms with E-state index < -0.39 is 27.2 Å². The fraction of sp³-hybridized carbons (Fsp3) is 0.423. The molecule has 11 heteroatoms. The molecule has 0 fully saturated rings. The van der Waals surface area contributed by atoms with Crippen LogP contribution in [-0.2, 0) is 25.7 Å². The zero-order valence-corrected chi connectivity index (χ0v) is 42.2. The highest BCUT2D eigenvalue weighted by atomic mass is 79.9. The Hall–Kier alpha value is -4.03. The Kier molecular flexibility index (Phi) is 13.5. The van der Waals surface area contributed by atoms with E-state index >= 15 is 0 Å². The number of anilines is 1. The minimum absolute atomic E-state index is 0.277. The average Bonchev–Trinajstić information content (AvgIpc) is 3.77. The van der Waals surface area contributed by atoms with Crippen LogP contribution in [0.4, 0.5) is 16.2 Å². The van der Waals surface area contributed by atoms with E-state index in [4.69, 9.17) is 4.74 Å². The summed E-state index contributed by atoms with van der Waals surface area (Å²) in [6.07, 6.45) is 14.3. The third-order valence-electron chi connectivity index (χ3n) is 12.8. The van der Waals surface area contributed by atoms with Crippen LogP contribution in [0, 0.1) is 0 Å². The zero-order chi connectivity index (χ0) is 45.6. The molecule has 4 aromatic carbocycles. The molecule has 0 atom stereocenters. The van der Waals surface area contributed by atoms with Crippen molar-refractivity contribution in [3.05, 3.63) is 128 Å². The molecule has 0 saturated carbocycles. The van der Waals surface area contributed by atoms with Crippen molar-refractivity contribution >= 4 is 86.7 Å². The molecule has 0 saturated heterocycles. The molecule has 0 bridgehead atoms. The van der Waals surface area contributed by atoms with Crippen LogP contribution in [0.5, 0.6) is 0 Å². The van der Waals surface area contributed by atoms with Gasteiger partial charge in [-0.3, -0.25) is 9.45 Å². The Morgan fingerprint density at radius 1 is 0.857 bits per heavy atom. The maximum atomic E-state index is 13.9. The van der Waals surface area contributed by atoms with Gasteiger partial charge < -0.3 is 9.64 Å². The number of hydrogen-bond donors (Lipinski definition) is 1. The molecule has 3 aliphatic rings. The van der Waals surface area contributed by atoms with Crippen molar-refractivity contribution in [2.75, 3.05) is 30.8 Å². The molecule has 7 rings (SSSR count). The van der Waals surface area contributed by atoms with Crippen LogP contribution in [0.1, 0.15) is 111 Å². The highest BCUT2D eigenvalue weighted by Gasteiger charge is 2.46. The number of halogens is 2. The van der Waals surface area contributed by atoms with E-state index in [0.717, 1.165) is 86.6 Å². The lowest BCUT2D eigenvalue weighted by Gasteiger charge is -2.28. The second-order valence-corrected chi connectivity index (χ2v) is 22.7. The fourth-order valence-electron chi connectivity index (χ4n) is 9.93. The lowest BCUT2D eigenvalue weighted by Crippen LogP contribution is -2.34. The predicted molar refractivity (Wildman–Crippen MR) is 267 cm³/mol. The highest BCUT2D eigenvalue weighted by Crippen LogP contribution is 2.52. The van der Waals surface area contributed by atoms with E-state index in [2.05, 4.69) is 161 Å². The van der Waals surface area contributed by atoms with Crippen molar-refractivity contribution in [3.63, 3.8) is 0 Å². The van der Waals surface area contributed by atoms with Crippen molar-refractivity contribution < 1.29 is 27.1 Å². The lowest BCUT2D eigenvalue weighted by atomic mass is 9.79. The first-order chi connectivity index (χ1) is 29.6. The number of likely N-dealkylation sites (N-methyl/N-ethyl adjacent to an activating group) is 1. The first-order valence-corrected chi connectivity index (χ1v) is 25.4. The molecule has 0 aromatic heterocycles. The molecular formula is C52H62Br2N3O5S+. The third kappa shape index (κ3) is 9.68. The summed E-state index contributed by atoms with van der Waals surface area (Å²) in [4.78, 5) is 17.9. The second kappa shape index (κ2) is 18.1. The number of carbonyl (C=O) groups is 1. The normalized spacial score (nSPS) is 18.5. The van der Waals surface area contributed by atoms with Crippen LogP contribution in [-0.4, -0.2) is 65.7 Å². The quantitative estimate of drug-likeness (QED) is 0.0815. The summed E-state index contributed by atoms with van der Waals surface area (Å²) in [5, 5.41) is 4.77. The Morgan fingerprint density at radius 2 is 1.51 bits per heavy atom. The number of hydrogen-bond acceptors (Lipinski definition) is 5. The molecule has 1 aliphatic carbocycles. The van der Waals surface area contributed by atoms with Crippen LogP contribution < -0.4 is 4.90 Å². The molecule has 334 valence electrons. The van der Waals surface area contributed by atoms with Crippen LogP contribution in [0.3, 0.4) is 0 Å². The van der Waals surface area contributed by atoms with Crippen LogP contribution in [0.2, 0.25) is 0 Å². The predicted octanol–water partition coefficient (Wildman–Crippen LogP) is 13.8. The van der Waals surface area contributed by atoms with E-state index in [-0.39, 0.29) is 11.2 Å². The van der Waals surface area contributed by atoms with E-state index in [0.29, 0.717) is 19.4 Å². The summed E-state index contributed by atoms with van der Waals surface area (Å²) in [5.41, 5.74) is 8.82. The van der Waals surface area contributed by atoms with E-state index in [9.17, 15) is 17.8 Å². The van der Waals surface area contributed by atoms with Gasteiger partial charge in [0.1, 0.15) is 12.1 Å². The number of ether oxygens (including phenoxy) is 1. The number of benzene rings is 4. The van der Waals surface area contributed by atoms with Crippen LogP contribution in [0.15, 0.2) is 116 Å². The Bertz CT molecular complexity index is 2750. The smallest absolute Gasteiger partial charge is 0.414 e. The van der Waals surface area contributed by atoms with Gasteiger partial charge >= 0.3 is 6.09 Å². The van der Waals surface area contributed by atoms with Gasteiger partial charge in [0.15, 0.2) is 5.71 Å². The Balaban J connectivity index is 1.34. The van der Waals surface area contributed by atoms with Gasteiger partial charge in [0.05, 0.1) is 16.9 Å². The van der Waals surface area contributed by atoms with Gasteiger partial charge in [-0.25, -0.2) is 4.79 Å². The third-order valence-corrected chi connectivity index (χ3v) is 14.6. The van der Waals surface area contributed by atoms with Crippen molar-refractivity contribution in [1.29, 1.82) is 0 Å².